The Hall–Kier alpha value is -0.810. The molecule has 0 radical (unpaired) electrons. The third kappa shape index (κ3) is 4.35. The third-order valence-electron chi connectivity index (χ3n) is 3.03. The highest BCUT2D eigenvalue weighted by atomic mass is 35.5. The van der Waals surface area contributed by atoms with Crippen LogP contribution in [0.3, 0.4) is 0 Å². The first kappa shape index (κ1) is 14.6. The van der Waals surface area contributed by atoms with Crippen molar-refractivity contribution in [1.82, 2.24) is 4.90 Å². The molecular weight excluding hydrogens is 289 g/mol. The van der Waals surface area contributed by atoms with E-state index >= 15 is 0 Å². The van der Waals surface area contributed by atoms with Gasteiger partial charge in [-0.1, -0.05) is 29.3 Å². The number of carbonyl (C=O) groups is 1. The number of nitrogens with zero attached hydrogens (tertiary/aromatic N) is 1. The average Bonchev–Trinajstić information content (AvgIpc) is 2.32. The maximum absolute atomic E-state index is 10.7. The van der Waals surface area contributed by atoms with Gasteiger partial charge in [-0.05, 0) is 17.7 Å². The molecule has 0 bridgehead atoms. The van der Waals surface area contributed by atoms with Crippen LogP contribution in [0.5, 0.6) is 0 Å². The summed E-state index contributed by atoms with van der Waals surface area (Å²) < 4.78 is 5.43. The van der Waals surface area contributed by atoms with Crippen molar-refractivity contribution in [3.63, 3.8) is 0 Å². The largest absolute Gasteiger partial charge is 0.481 e. The van der Waals surface area contributed by atoms with Gasteiger partial charge < -0.3 is 9.84 Å². The minimum absolute atomic E-state index is 0.0326. The number of carboxylic acids is 1. The fourth-order valence-electron chi connectivity index (χ4n) is 2.13. The molecule has 1 atom stereocenters. The first-order valence-corrected chi connectivity index (χ1v) is 6.80. The summed E-state index contributed by atoms with van der Waals surface area (Å²) in [5.74, 6) is -0.837. The van der Waals surface area contributed by atoms with Crippen molar-refractivity contribution in [1.29, 1.82) is 0 Å². The van der Waals surface area contributed by atoms with Gasteiger partial charge in [0.05, 0.1) is 19.1 Å². The van der Waals surface area contributed by atoms with Crippen molar-refractivity contribution in [3.8, 4) is 0 Å². The molecule has 4 nitrogen and oxygen atoms in total. The molecule has 1 N–H and O–H groups in total. The second kappa shape index (κ2) is 6.57. The van der Waals surface area contributed by atoms with E-state index < -0.39 is 5.97 Å². The molecule has 1 aromatic carbocycles. The summed E-state index contributed by atoms with van der Waals surface area (Å²) in [7, 11) is 0. The van der Waals surface area contributed by atoms with Gasteiger partial charge in [-0.3, -0.25) is 9.69 Å². The lowest BCUT2D eigenvalue weighted by atomic mass is 10.1. The van der Waals surface area contributed by atoms with Gasteiger partial charge in [0.2, 0.25) is 0 Å². The van der Waals surface area contributed by atoms with Gasteiger partial charge >= 0.3 is 5.97 Å². The van der Waals surface area contributed by atoms with Crippen LogP contribution in [0.4, 0.5) is 0 Å². The molecule has 1 aliphatic heterocycles. The van der Waals surface area contributed by atoms with Gasteiger partial charge in [-0.2, -0.15) is 0 Å². The van der Waals surface area contributed by atoms with Crippen LogP contribution >= 0.6 is 23.2 Å². The van der Waals surface area contributed by atoms with E-state index in [1.165, 1.54) is 0 Å². The molecule has 0 aromatic heterocycles. The maximum atomic E-state index is 10.7. The highest BCUT2D eigenvalue weighted by Crippen LogP contribution is 2.23. The van der Waals surface area contributed by atoms with Crippen LogP contribution < -0.4 is 0 Å². The number of rotatable bonds is 4. The number of aliphatic carboxylic acids is 1. The Bertz CT molecular complexity index is 467. The topological polar surface area (TPSA) is 49.8 Å². The number of ether oxygens (including phenoxy) is 1. The van der Waals surface area contributed by atoms with E-state index in [1.54, 1.807) is 12.1 Å². The van der Waals surface area contributed by atoms with Crippen LogP contribution in [0.2, 0.25) is 10.0 Å². The Labute approximate surface area is 121 Å². The molecule has 0 spiro atoms. The quantitative estimate of drug-likeness (QED) is 0.929. The van der Waals surface area contributed by atoms with Crippen molar-refractivity contribution in [2.75, 3.05) is 19.7 Å². The zero-order valence-electron chi connectivity index (χ0n) is 10.3. The van der Waals surface area contributed by atoms with E-state index in [4.69, 9.17) is 33.0 Å². The van der Waals surface area contributed by atoms with Gasteiger partial charge in [-0.15, -0.1) is 0 Å². The molecular formula is C13H15Cl2NO3. The van der Waals surface area contributed by atoms with Crippen LogP contribution in [0.1, 0.15) is 12.0 Å². The zero-order valence-corrected chi connectivity index (χ0v) is 11.8. The molecule has 19 heavy (non-hydrogen) atoms. The molecule has 6 heteroatoms. The van der Waals surface area contributed by atoms with Gasteiger partial charge in [0.15, 0.2) is 0 Å². The molecule has 1 aliphatic rings. The highest BCUT2D eigenvalue weighted by molar-refractivity contribution is 6.35. The van der Waals surface area contributed by atoms with Crippen molar-refractivity contribution in [3.05, 3.63) is 33.8 Å². The van der Waals surface area contributed by atoms with Gasteiger partial charge in [0.1, 0.15) is 0 Å². The number of morpholine rings is 1. The summed E-state index contributed by atoms with van der Waals surface area (Å²) in [5.41, 5.74) is 0.988. The lowest BCUT2D eigenvalue weighted by molar-refractivity contribution is -0.142. The van der Waals surface area contributed by atoms with Gasteiger partial charge in [0, 0.05) is 29.7 Å². The SMILES string of the molecule is O=C(O)CC1CN(Cc2ccc(Cl)cc2Cl)CCO1. The van der Waals surface area contributed by atoms with Gasteiger partial charge in [0.25, 0.3) is 0 Å². The normalized spacial score (nSPS) is 20.4. The summed E-state index contributed by atoms with van der Waals surface area (Å²) in [6.45, 7) is 2.60. The standard InChI is InChI=1S/C13H15Cl2NO3/c14-10-2-1-9(12(15)5-10)7-16-3-4-19-11(8-16)6-13(17)18/h1-2,5,11H,3-4,6-8H2,(H,17,18). The molecule has 1 aromatic rings. The van der Waals surface area contributed by atoms with E-state index in [9.17, 15) is 4.79 Å². The fraction of sp³-hybridized carbons (Fsp3) is 0.462. The summed E-state index contributed by atoms with van der Waals surface area (Å²) >= 11 is 12.0. The van der Waals surface area contributed by atoms with Crippen LogP contribution in [-0.2, 0) is 16.1 Å². The van der Waals surface area contributed by atoms with Crippen molar-refractivity contribution in [2.45, 2.75) is 19.1 Å². The predicted octanol–water partition coefficient (Wildman–Crippen LogP) is 2.67. The molecule has 1 saturated heterocycles. The monoisotopic (exact) mass is 303 g/mol. The molecule has 1 unspecified atom stereocenters. The van der Waals surface area contributed by atoms with Crippen molar-refractivity contribution in [2.24, 2.45) is 0 Å². The molecule has 1 heterocycles. The van der Waals surface area contributed by atoms with Crippen LogP contribution in [-0.4, -0.2) is 41.8 Å². The molecule has 2 rings (SSSR count). The average molecular weight is 304 g/mol. The van der Waals surface area contributed by atoms with Gasteiger partial charge in [-0.25, -0.2) is 0 Å². The van der Waals surface area contributed by atoms with Crippen LogP contribution in [0.15, 0.2) is 18.2 Å². The zero-order chi connectivity index (χ0) is 13.8. The molecule has 1 fully saturated rings. The minimum atomic E-state index is -0.837. The van der Waals surface area contributed by atoms with E-state index in [1.807, 2.05) is 6.07 Å². The number of halogens is 2. The van der Waals surface area contributed by atoms with E-state index in [0.29, 0.717) is 29.7 Å². The predicted molar refractivity (Wildman–Crippen MR) is 73.7 cm³/mol. The fourth-order valence-corrected chi connectivity index (χ4v) is 2.60. The maximum Gasteiger partial charge on any atom is 0.306 e. The van der Waals surface area contributed by atoms with Crippen molar-refractivity contribution < 1.29 is 14.6 Å². The van der Waals surface area contributed by atoms with Crippen LogP contribution in [0, 0.1) is 0 Å². The smallest absolute Gasteiger partial charge is 0.306 e. The Morgan fingerprint density at radius 3 is 2.95 bits per heavy atom. The second-order valence-electron chi connectivity index (χ2n) is 4.56. The first-order valence-electron chi connectivity index (χ1n) is 6.04. The summed E-state index contributed by atoms with van der Waals surface area (Å²) in [4.78, 5) is 12.8. The number of benzene rings is 1. The molecule has 104 valence electrons. The number of hydrogen-bond acceptors (Lipinski definition) is 3. The number of hydrogen-bond donors (Lipinski definition) is 1. The molecule has 0 saturated carbocycles. The molecule has 0 aliphatic carbocycles. The highest BCUT2D eigenvalue weighted by Gasteiger charge is 2.23. The Morgan fingerprint density at radius 1 is 1.47 bits per heavy atom. The van der Waals surface area contributed by atoms with E-state index in [2.05, 4.69) is 4.90 Å². The lowest BCUT2D eigenvalue weighted by Crippen LogP contribution is -2.42. The molecule has 0 amide bonds. The second-order valence-corrected chi connectivity index (χ2v) is 5.41. The van der Waals surface area contributed by atoms with Crippen LogP contribution in [0.25, 0.3) is 0 Å². The third-order valence-corrected chi connectivity index (χ3v) is 3.62. The first-order chi connectivity index (χ1) is 9.04. The minimum Gasteiger partial charge on any atom is -0.481 e. The summed E-state index contributed by atoms with van der Waals surface area (Å²) in [6, 6.07) is 5.41. The summed E-state index contributed by atoms with van der Waals surface area (Å²) in [5, 5.41) is 10.0. The lowest BCUT2D eigenvalue weighted by Gasteiger charge is -2.32. The number of carboxylic acid groups (broad SMARTS) is 1. The Balaban J connectivity index is 1.96. The van der Waals surface area contributed by atoms with E-state index in [0.717, 1.165) is 12.1 Å². The Kier molecular flexibility index (Phi) is 5.05. The Morgan fingerprint density at radius 2 is 2.26 bits per heavy atom. The summed E-state index contributed by atoms with van der Waals surface area (Å²) in [6.07, 6.45) is -0.220. The van der Waals surface area contributed by atoms with E-state index in [-0.39, 0.29) is 12.5 Å². The van der Waals surface area contributed by atoms with Crippen molar-refractivity contribution >= 4 is 29.2 Å².